The summed E-state index contributed by atoms with van der Waals surface area (Å²) in [5.74, 6) is 0.476. The Bertz CT molecular complexity index is 657. The van der Waals surface area contributed by atoms with Crippen LogP contribution in [0.4, 0.5) is 5.69 Å². The number of oxazole rings is 1. The number of hydrogen-bond acceptors (Lipinski definition) is 4. The van der Waals surface area contributed by atoms with Crippen molar-refractivity contribution < 1.29 is 13.9 Å². The Morgan fingerprint density at radius 2 is 2.24 bits per heavy atom. The molecule has 0 radical (unpaired) electrons. The first kappa shape index (κ1) is 13.8. The van der Waals surface area contributed by atoms with Crippen molar-refractivity contribution in [1.29, 1.82) is 0 Å². The third-order valence-corrected chi connectivity index (χ3v) is 3.58. The molecule has 5 nitrogen and oxygen atoms in total. The van der Waals surface area contributed by atoms with Crippen LogP contribution in [0.5, 0.6) is 0 Å². The van der Waals surface area contributed by atoms with Gasteiger partial charge in [-0.25, -0.2) is 4.98 Å². The van der Waals surface area contributed by atoms with Gasteiger partial charge in [0.1, 0.15) is 12.4 Å². The Kier molecular flexibility index (Phi) is 3.75. The molecule has 2 heterocycles. The molecule has 1 fully saturated rings. The molecule has 110 valence electrons. The van der Waals surface area contributed by atoms with Gasteiger partial charge in [-0.2, -0.15) is 0 Å². The lowest BCUT2D eigenvalue weighted by molar-refractivity contribution is -0.124. The van der Waals surface area contributed by atoms with Crippen LogP contribution in [0.2, 0.25) is 0 Å². The number of aryl methyl sites for hydroxylation is 2. The van der Waals surface area contributed by atoms with E-state index in [1.165, 1.54) is 0 Å². The van der Waals surface area contributed by atoms with Crippen molar-refractivity contribution >= 4 is 11.6 Å². The minimum Gasteiger partial charge on any atom is -0.444 e. The number of amides is 1. The molecule has 1 amide bonds. The number of anilines is 1. The largest absolute Gasteiger partial charge is 0.444 e. The van der Waals surface area contributed by atoms with Gasteiger partial charge in [-0.05, 0) is 44.4 Å². The first-order valence-corrected chi connectivity index (χ1v) is 7.09. The van der Waals surface area contributed by atoms with Gasteiger partial charge in [-0.1, -0.05) is 6.07 Å². The number of benzene rings is 1. The van der Waals surface area contributed by atoms with E-state index in [0.29, 0.717) is 12.5 Å². The van der Waals surface area contributed by atoms with Crippen LogP contribution >= 0.6 is 0 Å². The number of carbonyl (C=O) groups is 1. The van der Waals surface area contributed by atoms with Crippen LogP contribution in [-0.4, -0.2) is 23.6 Å². The minimum atomic E-state index is -0.335. The quantitative estimate of drug-likeness (QED) is 0.941. The summed E-state index contributed by atoms with van der Waals surface area (Å²) in [5.41, 5.74) is 3.49. The summed E-state index contributed by atoms with van der Waals surface area (Å²) in [5, 5.41) is 2.89. The van der Waals surface area contributed by atoms with Crippen molar-refractivity contribution in [3.8, 4) is 11.5 Å². The normalized spacial score (nSPS) is 17.9. The second-order valence-electron chi connectivity index (χ2n) is 5.31. The maximum atomic E-state index is 12.1. The van der Waals surface area contributed by atoms with Crippen molar-refractivity contribution in [1.82, 2.24) is 4.98 Å². The summed E-state index contributed by atoms with van der Waals surface area (Å²) >= 11 is 0. The lowest BCUT2D eigenvalue weighted by atomic mass is 10.1. The highest BCUT2D eigenvalue weighted by Gasteiger charge is 2.23. The molecule has 1 atom stereocenters. The van der Waals surface area contributed by atoms with Gasteiger partial charge in [0.25, 0.3) is 5.91 Å². The summed E-state index contributed by atoms with van der Waals surface area (Å²) < 4.78 is 10.8. The Labute approximate surface area is 123 Å². The van der Waals surface area contributed by atoms with E-state index >= 15 is 0 Å². The van der Waals surface area contributed by atoms with Crippen LogP contribution in [0.1, 0.15) is 24.1 Å². The molecule has 1 aromatic carbocycles. The lowest BCUT2D eigenvalue weighted by Gasteiger charge is -2.11. The average molecular weight is 286 g/mol. The van der Waals surface area contributed by atoms with Crippen molar-refractivity contribution in [3.63, 3.8) is 0 Å². The number of nitrogens with one attached hydrogen (secondary N) is 1. The summed E-state index contributed by atoms with van der Waals surface area (Å²) in [6, 6.07) is 5.70. The highest BCUT2D eigenvalue weighted by molar-refractivity contribution is 5.94. The molecule has 1 aromatic heterocycles. The van der Waals surface area contributed by atoms with Gasteiger partial charge in [0.05, 0.1) is 5.69 Å². The monoisotopic (exact) mass is 286 g/mol. The molecule has 1 aliphatic rings. The number of hydrogen-bond donors (Lipinski definition) is 1. The molecule has 1 N–H and O–H groups in total. The van der Waals surface area contributed by atoms with Crippen molar-refractivity contribution in [2.75, 3.05) is 11.9 Å². The van der Waals surface area contributed by atoms with Crippen LogP contribution in [0, 0.1) is 13.8 Å². The van der Waals surface area contributed by atoms with Gasteiger partial charge in [-0.15, -0.1) is 0 Å². The fourth-order valence-corrected chi connectivity index (χ4v) is 2.42. The number of ether oxygens (including phenoxy) is 1. The molecule has 3 rings (SSSR count). The van der Waals surface area contributed by atoms with Crippen molar-refractivity contribution in [2.45, 2.75) is 32.8 Å². The van der Waals surface area contributed by atoms with E-state index in [0.717, 1.165) is 35.3 Å². The molecule has 21 heavy (non-hydrogen) atoms. The molecular formula is C16H18N2O3. The number of rotatable bonds is 3. The zero-order chi connectivity index (χ0) is 14.8. The second-order valence-corrected chi connectivity index (χ2v) is 5.31. The molecule has 1 saturated heterocycles. The van der Waals surface area contributed by atoms with Gasteiger partial charge in [0.15, 0.2) is 0 Å². The Morgan fingerprint density at radius 1 is 1.38 bits per heavy atom. The van der Waals surface area contributed by atoms with E-state index in [-0.39, 0.29) is 12.0 Å². The van der Waals surface area contributed by atoms with Crippen molar-refractivity contribution in [2.24, 2.45) is 0 Å². The second kappa shape index (κ2) is 5.69. The van der Waals surface area contributed by atoms with E-state index in [1.807, 2.05) is 32.0 Å². The van der Waals surface area contributed by atoms with Crippen molar-refractivity contribution in [3.05, 3.63) is 35.7 Å². The maximum absolute atomic E-state index is 12.1. The summed E-state index contributed by atoms with van der Waals surface area (Å²) in [6.07, 6.45) is 3.00. The van der Waals surface area contributed by atoms with Crippen LogP contribution in [0.25, 0.3) is 11.5 Å². The first-order valence-electron chi connectivity index (χ1n) is 7.09. The third-order valence-electron chi connectivity index (χ3n) is 3.58. The zero-order valence-corrected chi connectivity index (χ0v) is 12.2. The third kappa shape index (κ3) is 2.97. The molecule has 0 spiro atoms. The summed E-state index contributed by atoms with van der Waals surface area (Å²) in [4.78, 5) is 16.4. The molecule has 2 aromatic rings. The summed E-state index contributed by atoms with van der Waals surface area (Å²) in [7, 11) is 0. The highest BCUT2D eigenvalue weighted by Crippen LogP contribution is 2.26. The molecular weight excluding hydrogens is 268 g/mol. The maximum Gasteiger partial charge on any atom is 0.253 e. The lowest BCUT2D eigenvalue weighted by Crippen LogP contribution is -2.26. The van der Waals surface area contributed by atoms with Crippen LogP contribution in [-0.2, 0) is 9.53 Å². The topological polar surface area (TPSA) is 64.4 Å². The van der Waals surface area contributed by atoms with Gasteiger partial charge in [-0.3, -0.25) is 4.79 Å². The first-order chi connectivity index (χ1) is 10.1. The Hall–Kier alpha value is -2.14. The van der Waals surface area contributed by atoms with Gasteiger partial charge in [0, 0.05) is 17.9 Å². The molecule has 0 bridgehead atoms. The number of aromatic nitrogens is 1. The highest BCUT2D eigenvalue weighted by atomic mass is 16.5. The fraction of sp³-hybridized carbons (Fsp3) is 0.375. The van der Waals surface area contributed by atoms with E-state index in [9.17, 15) is 4.79 Å². The fourth-order valence-electron chi connectivity index (χ4n) is 2.42. The SMILES string of the molecule is Cc1coc(-c2cc(NC(=O)[C@@H]3CCCO3)ccc2C)n1. The standard InChI is InChI=1S/C16H18N2O3/c1-10-5-6-12(18-15(19)14-4-3-7-20-14)8-13(10)16-17-11(2)9-21-16/h5-6,8-9,14H,3-4,7H2,1-2H3,(H,18,19)/t14-/m0/s1. The molecule has 0 saturated carbocycles. The molecule has 0 aliphatic carbocycles. The number of carbonyl (C=O) groups excluding carboxylic acids is 1. The minimum absolute atomic E-state index is 0.0918. The van der Waals surface area contributed by atoms with E-state index in [2.05, 4.69) is 10.3 Å². The predicted octanol–water partition coefficient (Wildman–Crippen LogP) is 3.08. The van der Waals surface area contributed by atoms with Gasteiger partial charge < -0.3 is 14.5 Å². The average Bonchev–Trinajstić information content (AvgIpc) is 3.12. The molecule has 5 heteroatoms. The van der Waals surface area contributed by atoms with E-state index in [4.69, 9.17) is 9.15 Å². The van der Waals surface area contributed by atoms with Gasteiger partial charge >= 0.3 is 0 Å². The van der Waals surface area contributed by atoms with Crippen LogP contribution in [0.15, 0.2) is 28.9 Å². The van der Waals surface area contributed by atoms with Crippen LogP contribution in [0.3, 0.4) is 0 Å². The predicted molar refractivity (Wildman–Crippen MR) is 79.0 cm³/mol. The van der Waals surface area contributed by atoms with E-state index in [1.54, 1.807) is 6.26 Å². The molecule has 0 unspecified atom stereocenters. The Balaban J connectivity index is 1.82. The molecule has 1 aliphatic heterocycles. The smallest absolute Gasteiger partial charge is 0.253 e. The van der Waals surface area contributed by atoms with E-state index < -0.39 is 0 Å². The Morgan fingerprint density at radius 3 is 2.90 bits per heavy atom. The number of nitrogens with zero attached hydrogens (tertiary/aromatic N) is 1. The van der Waals surface area contributed by atoms with Gasteiger partial charge in [0.2, 0.25) is 5.89 Å². The zero-order valence-electron chi connectivity index (χ0n) is 12.2. The van der Waals surface area contributed by atoms with Crippen LogP contribution < -0.4 is 5.32 Å². The summed E-state index contributed by atoms with van der Waals surface area (Å²) in [6.45, 7) is 4.53.